The molecular weight excluding hydrogens is 348 g/mol. The van der Waals surface area contributed by atoms with Gasteiger partial charge in [-0.2, -0.15) is 4.98 Å². The number of nitrogens with zero attached hydrogens (tertiary/aromatic N) is 3. The Morgan fingerprint density at radius 2 is 1.82 bits per heavy atom. The summed E-state index contributed by atoms with van der Waals surface area (Å²) in [5.74, 6) is 0.984. The van der Waals surface area contributed by atoms with Crippen LogP contribution in [-0.4, -0.2) is 21.1 Å². The maximum absolute atomic E-state index is 6.09. The van der Waals surface area contributed by atoms with Crippen LogP contribution in [0.25, 0.3) is 11.0 Å². The van der Waals surface area contributed by atoms with Gasteiger partial charge < -0.3 is 15.0 Å². The summed E-state index contributed by atoms with van der Waals surface area (Å²) in [5, 5.41) is 0. The number of pyridine rings is 1. The van der Waals surface area contributed by atoms with Gasteiger partial charge in [-0.25, -0.2) is 4.98 Å². The fourth-order valence-corrected chi connectivity index (χ4v) is 3.11. The lowest BCUT2D eigenvalue weighted by Crippen LogP contribution is -2.06. The van der Waals surface area contributed by atoms with Crippen molar-refractivity contribution in [2.24, 2.45) is 5.41 Å². The molecule has 0 aliphatic carbocycles. The van der Waals surface area contributed by atoms with Gasteiger partial charge >= 0.3 is 0 Å². The van der Waals surface area contributed by atoms with E-state index in [1.54, 1.807) is 0 Å². The molecule has 5 heteroatoms. The highest BCUT2D eigenvalue weighted by atomic mass is 16.5. The number of aromatic nitrogens is 3. The normalized spacial score (nSPS) is 11.9. The van der Waals surface area contributed by atoms with E-state index in [-0.39, 0.29) is 0 Å². The molecule has 0 unspecified atom stereocenters. The molecule has 0 saturated heterocycles. The molecule has 0 amide bonds. The summed E-state index contributed by atoms with van der Waals surface area (Å²) in [6, 6.07) is 10.8. The number of imidazole rings is 1. The van der Waals surface area contributed by atoms with Crippen LogP contribution in [0.4, 0.5) is 5.82 Å². The molecule has 2 aromatic heterocycles. The summed E-state index contributed by atoms with van der Waals surface area (Å²) in [4.78, 5) is 8.77. The average Bonchev–Trinajstić information content (AvgIpc) is 3.04. The van der Waals surface area contributed by atoms with Crippen molar-refractivity contribution in [3.8, 4) is 5.88 Å². The minimum Gasteiger partial charge on any atom is -0.478 e. The Labute approximate surface area is 167 Å². The molecule has 3 aromatic rings. The fourth-order valence-electron chi connectivity index (χ4n) is 3.11. The Balaban J connectivity index is 1.74. The predicted molar refractivity (Wildman–Crippen MR) is 116 cm³/mol. The predicted octanol–water partition coefficient (Wildman–Crippen LogP) is 5.22. The van der Waals surface area contributed by atoms with Gasteiger partial charge in [0.25, 0.3) is 0 Å². The van der Waals surface area contributed by atoms with Crippen LogP contribution >= 0.6 is 0 Å². The van der Waals surface area contributed by atoms with Crippen LogP contribution in [-0.2, 0) is 13.0 Å². The fraction of sp³-hybridized carbons (Fsp3) is 0.478. The zero-order chi connectivity index (χ0) is 20.1. The molecule has 0 saturated carbocycles. The van der Waals surface area contributed by atoms with Gasteiger partial charge in [0.1, 0.15) is 5.52 Å². The minimum absolute atomic E-state index is 0.360. The third kappa shape index (κ3) is 5.24. The van der Waals surface area contributed by atoms with E-state index in [0.29, 0.717) is 23.7 Å². The number of rotatable bonds is 8. The highest BCUT2D eigenvalue weighted by Crippen LogP contribution is 2.25. The van der Waals surface area contributed by atoms with Gasteiger partial charge in [-0.1, -0.05) is 58.4 Å². The van der Waals surface area contributed by atoms with Crippen molar-refractivity contribution < 1.29 is 4.74 Å². The second kappa shape index (κ2) is 8.63. The monoisotopic (exact) mass is 380 g/mol. The first kappa shape index (κ1) is 20.2. The SMILES string of the molecule is CCCCOc1cc2c(ncn2Cc2ccc(CCC(C)(C)C)cc2)c(N)n1. The van der Waals surface area contributed by atoms with E-state index in [0.717, 1.165) is 36.8 Å². The summed E-state index contributed by atoms with van der Waals surface area (Å²) in [7, 11) is 0. The number of benzene rings is 1. The van der Waals surface area contributed by atoms with E-state index in [2.05, 4.69) is 66.5 Å². The molecule has 1 aromatic carbocycles. The van der Waals surface area contributed by atoms with Crippen LogP contribution in [0.15, 0.2) is 36.7 Å². The van der Waals surface area contributed by atoms with Crippen LogP contribution < -0.4 is 10.5 Å². The Kier molecular flexibility index (Phi) is 6.22. The lowest BCUT2D eigenvalue weighted by Gasteiger charge is -2.17. The minimum atomic E-state index is 0.360. The number of hydrogen-bond donors (Lipinski definition) is 1. The van der Waals surface area contributed by atoms with Crippen molar-refractivity contribution in [2.45, 2.75) is 59.9 Å². The van der Waals surface area contributed by atoms with Gasteiger partial charge in [0.15, 0.2) is 5.82 Å². The molecule has 2 N–H and O–H groups in total. The molecule has 0 bridgehead atoms. The summed E-state index contributed by atoms with van der Waals surface area (Å²) >= 11 is 0. The highest BCUT2D eigenvalue weighted by Gasteiger charge is 2.12. The zero-order valence-electron chi connectivity index (χ0n) is 17.5. The number of fused-ring (bicyclic) bond motifs is 1. The van der Waals surface area contributed by atoms with Gasteiger partial charge in [-0.05, 0) is 35.8 Å². The van der Waals surface area contributed by atoms with Crippen molar-refractivity contribution in [3.05, 3.63) is 47.8 Å². The third-order valence-electron chi connectivity index (χ3n) is 4.90. The van der Waals surface area contributed by atoms with Gasteiger partial charge in [0.05, 0.1) is 18.5 Å². The number of unbranched alkanes of at least 4 members (excludes halogenated alkanes) is 1. The van der Waals surface area contributed by atoms with Gasteiger partial charge in [-0.3, -0.25) is 0 Å². The Morgan fingerprint density at radius 1 is 1.11 bits per heavy atom. The van der Waals surface area contributed by atoms with Crippen molar-refractivity contribution >= 4 is 16.9 Å². The van der Waals surface area contributed by atoms with Crippen LogP contribution in [0.1, 0.15) is 58.1 Å². The second-order valence-electron chi connectivity index (χ2n) is 8.67. The zero-order valence-corrected chi connectivity index (χ0v) is 17.5. The Bertz CT molecular complexity index is 907. The van der Waals surface area contributed by atoms with Crippen LogP contribution in [0.2, 0.25) is 0 Å². The maximum atomic E-state index is 6.09. The van der Waals surface area contributed by atoms with Crippen molar-refractivity contribution in [1.82, 2.24) is 14.5 Å². The van der Waals surface area contributed by atoms with E-state index < -0.39 is 0 Å². The van der Waals surface area contributed by atoms with E-state index in [1.165, 1.54) is 17.5 Å². The number of nitrogens with two attached hydrogens (primary N) is 1. The van der Waals surface area contributed by atoms with Gasteiger partial charge in [-0.15, -0.1) is 0 Å². The Hall–Kier alpha value is -2.56. The van der Waals surface area contributed by atoms with E-state index in [1.807, 2.05) is 12.4 Å². The molecule has 0 fully saturated rings. The smallest absolute Gasteiger partial charge is 0.217 e. The van der Waals surface area contributed by atoms with E-state index in [9.17, 15) is 0 Å². The third-order valence-corrected chi connectivity index (χ3v) is 4.90. The Morgan fingerprint density at radius 3 is 2.50 bits per heavy atom. The molecular formula is C23H32N4O. The first-order chi connectivity index (χ1) is 13.4. The average molecular weight is 381 g/mol. The lowest BCUT2D eigenvalue weighted by atomic mass is 9.88. The summed E-state index contributed by atoms with van der Waals surface area (Å²) in [6.45, 7) is 10.4. The number of nitrogen functional groups attached to an aromatic ring is 1. The van der Waals surface area contributed by atoms with Crippen molar-refractivity contribution in [2.75, 3.05) is 12.3 Å². The highest BCUT2D eigenvalue weighted by molar-refractivity contribution is 5.85. The molecule has 3 rings (SSSR count). The van der Waals surface area contributed by atoms with E-state index in [4.69, 9.17) is 10.5 Å². The molecule has 0 aliphatic heterocycles. The topological polar surface area (TPSA) is 66.0 Å². The molecule has 5 nitrogen and oxygen atoms in total. The molecule has 0 radical (unpaired) electrons. The summed E-state index contributed by atoms with van der Waals surface area (Å²) in [6.07, 6.45) is 6.21. The first-order valence-corrected chi connectivity index (χ1v) is 10.2. The van der Waals surface area contributed by atoms with E-state index >= 15 is 0 Å². The quantitative estimate of drug-likeness (QED) is 0.544. The van der Waals surface area contributed by atoms with Crippen LogP contribution in [0, 0.1) is 5.41 Å². The molecule has 2 heterocycles. The molecule has 28 heavy (non-hydrogen) atoms. The molecule has 0 spiro atoms. The first-order valence-electron chi connectivity index (χ1n) is 10.2. The summed E-state index contributed by atoms with van der Waals surface area (Å²) in [5.41, 5.74) is 10.8. The standard InChI is InChI=1S/C23H32N4O/c1-5-6-13-28-20-14-19-21(22(24)26-20)25-16-27(19)15-18-9-7-17(8-10-18)11-12-23(2,3)4/h7-10,14,16H,5-6,11-13,15H2,1-4H3,(H2,24,26). The molecule has 150 valence electrons. The molecule has 0 atom stereocenters. The van der Waals surface area contributed by atoms with Crippen molar-refractivity contribution in [3.63, 3.8) is 0 Å². The second-order valence-corrected chi connectivity index (χ2v) is 8.67. The number of hydrogen-bond acceptors (Lipinski definition) is 4. The number of anilines is 1. The molecule has 0 aliphatic rings. The summed E-state index contributed by atoms with van der Waals surface area (Å²) < 4.78 is 7.85. The van der Waals surface area contributed by atoms with Crippen LogP contribution in [0.5, 0.6) is 5.88 Å². The lowest BCUT2D eigenvalue weighted by molar-refractivity contribution is 0.298. The van der Waals surface area contributed by atoms with Crippen molar-refractivity contribution in [1.29, 1.82) is 0 Å². The van der Waals surface area contributed by atoms with Crippen LogP contribution in [0.3, 0.4) is 0 Å². The van der Waals surface area contributed by atoms with Gasteiger partial charge in [0.2, 0.25) is 5.88 Å². The maximum Gasteiger partial charge on any atom is 0.217 e. The number of ether oxygens (including phenoxy) is 1. The largest absolute Gasteiger partial charge is 0.478 e. The number of aryl methyl sites for hydroxylation is 1. The van der Waals surface area contributed by atoms with Gasteiger partial charge in [0, 0.05) is 12.6 Å².